The van der Waals surface area contributed by atoms with Gasteiger partial charge >= 0.3 is 0 Å². The van der Waals surface area contributed by atoms with Gasteiger partial charge in [-0.2, -0.15) is 0 Å². The lowest BCUT2D eigenvalue weighted by atomic mass is 10.2. The van der Waals surface area contributed by atoms with Gasteiger partial charge in [-0.15, -0.1) is 0 Å². The van der Waals surface area contributed by atoms with Crippen molar-refractivity contribution in [1.82, 2.24) is 9.97 Å². The van der Waals surface area contributed by atoms with E-state index in [0.29, 0.717) is 6.04 Å². The molecule has 2 rings (SSSR count). The van der Waals surface area contributed by atoms with Crippen molar-refractivity contribution >= 4 is 27.6 Å². The molecule has 1 saturated carbocycles. The lowest BCUT2D eigenvalue weighted by molar-refractivity contribution is 0.692. The Hall–Kier alpha value is -0.840. The number of nitrogens with zero attached hydrogens (tertiary/aromatic N) is 2. The first kappa shape index (κ1) is 13.6. The highest BCUT2D eigenvalue weighted by Gasteiger charge is 2.36. The molecule has 1 heterocycles. The topological polar surface area (TPSA) is 49.8 Å². The number of anilines is 2. The van der Waals surface area contributed by atoms with Gasteiger partial charge in [0, 0.05) is 12.6 Å². The summed E-state index contributed by atoms with van der Waals surface area (Å²) in [6, 6.07) is 0.593. The van der Waals surface area contributed by atoms with Crippen molar-refractivity contribution in [1.29, 1.82) is 0 Å². The van der Waals surface area contributed by atoms with Crippen LogP contribution in [0, 0.1) is 5.92 Å². The summed E-state index contributed by atoms with van der Waals surface area (Å²) in [4.78, 5) is 8.56. The molecule has 4 nitrogen and oxygen atoms in total. The summed E-state index contributed by atoms with van der Waals surface area (Å²) in [6.45, 7) is 5.31. The third-order valence-electron chi connectivity index (χ3n) is 3.24. The van der Waals surface area contributed by atoms with Crippen LogP contribution in [-0.4, -0.2) is 22.6 Å². The van der Waals surface area contributed by atoms with Crippen LogP contribution >= 0.6 is 15.9 Å². The molecular weight excluding hydrogens is 292 g/mol. The Morgan fingerprint density at radius 1 is 1.28 bits per heavy atom. The zero-order valence-corrected chi connectivity index (χ0v) is 12.6. The lowest BCUT2D eigenvalue weighted by Crippen LogP contribution is -2.10. The minimum absolute atomic E-state index is 0.593. The predicted molar refractivity (Wildman–Crippen MR) is 78.9 cm³/mol. The first-order valence-corrected chi connectivity index (χ1v) is 7.56. The van der Waals surface area contributed by atoms with E-state index in [1.54, 1.807) is 6.33 Å². The quantitative estimate of drug-likeness (QED) is 0.806. The van der Waals surface area contributed by atoms with Crippen molar-refractivity contribution < 1.29 is 0 Å². The normalized spacial score (nSPS) is 21.7. The van der Waals surface area contributed by atoms with Gasteiger partial charge in [-0.1, -0.05) is 20.3 Å². The number of hydrogen-bond acceptors (Lipinski definition) is 4. The van der Waals surface area contributed by atoms with Crippen molar-refractivity contribution in [2.75, 3.05) is 17.2 Å². The molecule has 2 atom stereocenters. The van der Waals surface area contributed by atoms with E-state index in [-0.39, 0.29) is 0 Å². The van der Waals surface area contributed by atoms with Gasteiger partial charge in [0.1, 0.15) is 22.4 Å². The summed E-state index contributed by atoms with van der Waals surface area (Å²) in [6.07, 6.45) is 6.53. The van der Waals surface area contributed by atoms with Crippen LogP contribution < -0.4 is 10.6 Å². The minimum atomic E-state index is 0.593. The molecule has 1 aliphatic carbocycles. The molecule has 2 unspecified atom stereocenters. The van der Waals surface area contributed by atoms with Crippen LogP contribution in [0.3, 0.4) is 0 Å². The molecule has 0 aromatic carbocycles. The number of halogens is 1. The van der Waals surface area contributed by atoms with Crippen molar-refractivity contribution in [3.63, 3.8) is 0 Å². The summed E-state index contributed by atoms with van der Waals surface area (Å²) < 4.78 is 0.945. The molecule has 0 spiro atoms. The largest absolute Gasteiger partial charge is 0.369 e. The average molecular weight is 313 g/mol. The van der Waals surface area contributed by atoms with E-state index < -0.39 is 0 Å². The van der Waals surface area contributed by atoms with Crippen LogP contribution in [-0.2, 0) is 0 Å². The lowest BCUT2D eigenvalue weighted by Gasteiger charge is -2.11. The van der Waals surface area contributed by atoms with Crippen molar-refractivity contribution in [3.8, 4) is 0 Å². The molecule has 0 bridgehead atoms. The fourth-order valence-electron chi connectivity index (χ4n) is 2.13. The van der Waals surface area contributed by atoms with Gasteiger partial charge in [-0.05, 0) is 41.1 Å². The second-order valence-electron chi connectivity index (χ2n) is 4.85. The molecule has 100 valence electrons. The Labute approximate surface area is 117 Å². The highest BCUT2D eigenvalue weighted by molar-refractivity contribution is 9.10. The Morgan fingerprint density at radius 2 is 2.06 bits per heavy atom. The van der Waals surface area contributed by atoms with E-state index >= 15 is 0 Å². The number of rotatable bonds is 7. The standard InChI is InChI=1S/C13H21BrN4/c1-3-5-9-7-10(9)18-13-11(14)12(15-6-4-2)16-8-17-13/h8-10H,3-7H2,1-2H3,(H2,15,16,17,18). The number of nitrogens with one attached hydrogen (secondary N) is 2. The number of aromatic nitrogens is 2. The summed E-state index contributed by atoms with van der Waals surface area (Å²) in [7, 11) is 0. The molecule has 1 fully saturated rings. The van der Waals surface area contributed by atoms with Gasteiger partial charge in [0.05, 0.1) is 0 Å². The van der Waals surface area contributed by atoms with Gasteiger partial charge in [-0.3, -0.25) is 0 Å². The molecule has 2 N–H and O–H groups in total. The molecule has 0 radical (unpaired) electrons. The second-order valence-corrected chi connectivity index (χ2v) is 5.64. The van der Waals surface area contributed by atoms with Crippen LogP contribution in [0.1, 0.15) is 39.5 Å². The van der Waals surface area contributed by atoms with Crippen LogP contribution in [0.4, 0.5) is 11.6 Å². The van der Waals surface area contributed by atoms with Crippen LogP contribution in [0.15, 0.2) is 10.8 Å². The van der Waals surface area contributed by atoms with Gasteiger partial charge in [0.2, 0.25) is 0 Å². The third kappa shape index (κ3) is 3.34. The van der Waals surface area contributed by atoms with E-state index in [1.807, 2.05) is 0 Å². The second kappa shape index (κ2) is 6.36. The van der Waals surface area contributed by atoms with E-state index in [1.165, 1.54) is 19.3 Å². The minimum Gasteiger partial charge on any atom is -0.369 e. The van der Waals surface area contributed by atoms with Crippen LogP contribution in [0.25, 0.3) is 0 Å². The maximum atomic E-state index is 4.31. The highest BCUT2D eigenvalue weighted by atomic mass is 79.9. The SMILES string of the molecule is CCCNc1ncnc(NC2CC2CCC)c1Br. The van der Waals surface area contributed by atoms with E-state index in [9.17, 15) is 0 Å². The van der Waals surface area contributed by atoms with Crippen molar-refractivity contribution in [2.45, 2.75) is 45.6 Å². The molecule has 5 heteroatoms. The van der Waals surface area contributed by atoms with Crippen molar-refractivity contribution in [3.05, 3.63) is 10.8 Å². The summed E-state index contributed by atoms with van der Waals surface area (Å²) in [5.74, 6) is 2.61. The Morgan fingerprint density at radius 3 is 2.78 bits per heavy atom. The summed E-state index contributed by atoms with van der Waals surface area (Å²) >= 11 is 3.58. The van der Waals surface area contributed by atoms with Crippen molar-refractivity contribution in [2.24, 2.45) is 5.92 Å². The third-order valence-corrected chi connectivity index (χ3v) is 3.99. The average Bonchev–Trinajstić information content (AvgIpc) is 3.09. The van der Waals surface area contributed by atoms with E-state index in [2.05, 4.69) is 50.4 Å². The molecular formula is C13H21BrN4. The fourth-order valence-corrected chi connectivity index (χ4v) is 2.59. The zero-order valence-electron chi connectivity index (χ0n) is 11.0. The zero-order chi connectivity index (χ0) is 13.0. The number of hydrogen-bond donors (Lipinski definition) is 2. The molecule has 0 aliphatic heterocycles. The first-order chi connectivity index (χ1) is 8.76. The van der Waals surface area contributed by atoms with Gasteiger partial charge in [0.25, 0.3) is 0 Å². The highest BCUT2D eigenvalue weighted by Crippen LogP contribution is 2.38. The summed E-state index contributed by atoms with van der Waals surface area (Å²) in [5.41, 5.74) is 0. The smallest absolute Gasteiger partial charge is 0.146 e. The Balaban J connectivity index is 1.96. The molecule has 1 aromatic rings. The Kier molecular flexibility index (Phi) is 4.80. The van der Waals surface area contributed by atoms with Gasteiger partial charge in [0.15, 0.2) is 0 Å². The molecule has 1 aromatic heterocycles. The predicted octanol–water partition coefficient (Wildman–Crippen LogP) is 3.66. The molecule has 0 amide bonds. The molecule has 0 saturated heterocycles. The molecule has 18 heavy (non-hydrogen) atoms. The van der Waals surface area contributed by atoms with Crippen LogP contribution in [0.5, 0.6) is 0 Å². The van der Waals surface area contributed by atoms with E-state index in [0.717, 1.165) is 35.0 Å². The first-order valence-electron chi connectivity index (χ1n) is 6.77. The monoisotopic (exact) mass is 312 g/mol. The van der Waals surface area contributed by atoms with Gasteiger partial charge < -0.3 is 10.6 Å². The van der Waals surface area contributed by atoms with Crippen LogP contribution in [0.2, 0.25) is 0 Å². The van der Waals surface area contributed by atoms with E-state index in [4.69, 9.17) is 0 Å². The fraction of sp³-hybridized carbons (Fsp3) is 0.692. The maximum Gasteiger partial charge on any atom is 0.146 e. The van der Waals surface area contributed by atoms with Gasteiger partial charge in [-0.25, -0.2) is 9.97 Å². The molecule has 1 aliphatic rings. The summed E-state index contributed by atoms with van der Waals surface area (Å²) in [5, 5.41) is 6.79. The Bertz CT molecular complexity index is 397. The maximum absolute atomic E-state index is 4.31.